The fourth-order valence-electron chi connectivity index (χ4n) is 3.19. The smallest absolute Gasteiger partial charge is 0.259 e. The van der Waals surface area contributed by atoms with Crippen molar-refractivity contribution in [1.82, 2.24) is 9.78 Å². The van der Waals surface area contributed by atoms with Crippen LogP contribution in [0, 0.1) is 0 Å². The number of carbonyl (C=O) groups is 1. The Labute approximate surface area is 179 Å². The lowest BCUT2D eigenvalue weighted by molar-refractivity contribution is 0.102. The number of para-hydroxylation sites is 1. The maximum atomic E-state index is 13.2. The first kappa shape index (κ1) is 20.0. The number of ether oxygens (including phenoxy) is 2. The lowest BCUT2D eigenvalue weighted by Gasteiger charge is -2.10. The number of phenols is 1. The second-order valence-corrected chi connectivity index (χ2v) is 6.74. The quantitative estimate of drug-likeness (QED) is 0.453. The number of hydrogen-bond donors (Lipinski definition) is 2. The highest BCUT2D eigenvalue weighted by Gasteiger charge is 2.22. The zero-order chi connectivity index (χ0) is 21.8. The number of aromatic hydroxyl groups is 1. The van der Waals surface area contributed by atoms with Crippen molar-refractivity contribution in [2.24, 2.45) is 0 Å². The molecule has 0 atom stereocenters. The van der Waals surface area contributed by atoms with E-state index in [1.54, 1.807) is 49.4 Å². The molecule has 31 heavy (non-hydrogen) atoms. The molecule has 7 heteroatoms. The Kier molecular flexibility index (Phi) is 5.57. The number of methoxy groups -OCH3 is 2. The molecule has 7 nitrogen and oxygen atoms in total. The van der Waals surface area contributed by atoms with Crippen molar-refractivity contribution in [3.63, 3.8) is 0 Å². The molecule has 0 radical (unpaired) electrons. The average Bonchev–Trinajstić information content (AvgIpc) is 3.26. The predicted molar refractivity (Wildman–Crippen MR) is 118 cm³/mol. The molecule has 0 saturated heterocycles. The second kappa shape index (κ2) is 8.62. The van der Waals surface area contributed by atoms with E-state index < -0.39 is 0 Å². The largest absolute Gasteiger partial charge is 0.508 e. The van der Waals surface area contributed by atoms with Gasteiger partial charge >= 0.3 is 0 Å². The number of nitrogens with zero attached hydrogens (tertiary/aromatic N) is 2. The van der Waals surface area contributed by atoms with Crippen molar-refractivity contribution in [2.75, 3.05) is 19.5 Å². The lowest BCUT2D eigenvalue weighted by atomic mass is 10.1. The minimum absolute atomic E-state index is 0.124. The van der Waals surface area contributed by atoms with Gasteiger partial charge in [-0.25, -0.2) is 4.68 Å². The SMILES string of the molecule is COc1ccc(-c2nn(-c3ccccc3)cc2C(=O)Nc2ccc(O)cc2)c(OC)c1. The van der Waals surface area contributed by atoms with E-state index in [0.29, 0.717) is 34.0 Å². The maximum Gasteiger partial charge on any atom is 0.259 e. The summed E-state index contributed by atoms with van der Waals surface area (Å²) in [5, 5.41) is 17.0. The Balaban J connectivity index is 1.80. The molecule has 156 valence electrons. The van der Waals surface area contributed by atoms with Crippen LogP contribution in [0.15, 0.2) is 79.0 Å². The molecule has 1 amide bonds. The van der Waals surface area contributed by atoms with Crippen LogP contribution in [0.3, 0.4) is 0 Å². The number of benzene rings is 3. The summed E-state index contributed by atoms with van der Waals surface area (Å²) >= 11 is 0. The molecule has 0 aliphatic rings. The van der Waals surface area contributed by atoms with E-state index in [1.807, 2.05) is 36.4 Å². The van der Waals surface area contributed by atoms with Gasteiger partial charge in [0.05, 0.1) is 25.5 Å². The predicted octanol–water partition coefficient (Wildman–Crippen LogP) is 4.51. The number of rotatable bonds is 6. The van der Waals surface area contributed by atoms with E-state index in [2.05, 4.69) is 10.4 Å². The Morgan fingerprint density at radius 1 is 0.968 bits per heavy atom. The van der Waals surface area contributed by atoms with Gasteiger partial charge in [0.1, 0.15) is 22.9 Å². The van der Waals surface area contributed by atoms with Crippen LogP contribution < -0.4 is 14.8 Å². The van der Waals surface area contributed by atoms with E-state index >= 15 is 0 Å². The van der Waals surface area contributed by atoms with Crippen molar-refractivity contribution in [3.05, 3.63) is 84.6 Å². The first-order valence-corrected chi connectivity index (χ1v) is 9.57. The molecule has 0 fully saturated rings. The molecular weight excluding hydrogens is 394 g/mol. The van der Waals surface area contributed by atoms with E-state index in [-0.39, 0.29) is 11.7 Å². The second-order valence-electron chi connectivity index (χ2n) is 6.74. The van der Waals surface area contributed by atoms with Gasteiger partial charge in [0, 0.05) is 23.5 Å². The van der Waals surface area contributed by atoms with Crippen molar-refractivity contribution in [3.8, 4) is 34.2 Å². The summed E-state index contributed by atoms with van der Waals surface area (Å²) in [7, 11) is 3.14. The zero-order valence-corrected chi connectivity index (χ0v) is 17.1. The van der Waals surface area contributed by atoms with Gasteiger partial charge in [-0.05, 0) is 48.5 Å². The summed E-state index contributed by atoms with van der Waals surface area (Å²) in [4.78, 5) is 13.2. The van der Waals surface area contributed by atoms with Crippen LogP contribution in [-0.4, -0.2) is 35.0 Å². The number of nitrogens with one attached hydrogen (secondary N) is 1. The number of phenolic OH excluding ortho intramolecular Hbond substituents is 1. The van der Waals surface area contributed by atoms with Gasteiger partial charge in [-0.3, -0.25) is 4.79 Å². The molecule has 0 saturated carbocycles. The van der Waals surface area contributed by atoms with E-state index in [1.165, 1.54) is 12.1 Å². The third-order valence-electron chi connectivity index (χ3n) is 4.77. The number of aromatic nitrogens is 2. The van der Waals surface area contributed by atoms with Gasteiger partial charge < -0.3 is 19.9 Å². The number of carbonyl (C=O) groups excluding carboxylic acids is 1. The van der Waals surface area contributed by atoms with Gasteiger partial charge in [-0.1, -0.05) is 18.2 Å². The van der Waals surface area contributed by atoms with Crippen LogP contribution in [-0.2, 0) is 0 Å². The number of amides is 1. The Bertz CT molecular complexity index is 1200. The van der Waals surface area contributed by atoms with Crippen LogP contribution in [0.2, 0.25) is 0 Å². The molecule has 0 aliphatic heterocycles. The van der Waals surface area contributed by atoms with Gasteiger partial charge in [0.2, 0.25) is 0 Å². The Morgan fingerprint density at radius 3 is 2.39 bits per heavy atom. The molecule has 3 aromatic carbocycles. The third kappa shape index (κ3) is 4.20. The van der Waals surface area contributed by atoms with Crippen LogP contribution in [0.5, 0.6) is 17.2 Å². The minimum atomic E-state index is -0.333. The van der Waals surface area contributed by atoms with Gasteiger partial charge in [-0.2, -0.15) is 5.10 Å². The highest BCUT2D eigenvalue weighted by atomic mass is 16.5. The molecule has 1 aromatic heterocycles. The van der Waals surface area contributed by atoms with Crippen molar-refractivity contribution >= 4 is 11.6 Å². The normalized spacial score (nSPS) is 10.5. The third-order valence-corrected chi connectivity index (χ3v) is 4.77. The molecule has 4 aromatic rings. The fourth-order valence-corrected chi connectivity index (χ4v) is 3.19. The molecule has 2 N–H and O–H groups in total. The fraction of sp³-hybridized carbons (Fsp3) is 0.0833. The first-order valence-electron chi connectivity index (χ1n) is 9.57. The highest BCUT2D eigenvalue weighted by Crippen LogP contribution is 2.35. The zero-order valence-electron chi connectivity index (χ0n) is 17.1. The summed E-state index contributed by atoms with van der Waals surface area (Å²) in [6, 6.07) is 21.2. The topological polar surface area (TPSA) is 85.6 Å². The van der Waals surface area contributed by atoms with E-state index in [9.17, 15) is 9.90 Å². The Hall–Kier alpha value is -4.26. The molecular formula is C24H21N3O4. The van der Waals surface area contributed by atoms with Crippen LogP contribution in [0.1, 0.15) is 10.4 Å². The molecule has 0 unspecified atom stereocenters. The molecule has 4 rings (SSSR count). The average molecular weight is 415 g/mol. The monoisotopic (exact) mass is 415 g/mol. The summed E-state index contributed by atoms with van der Waals surface area (Å²) < 4.78 is 12.5. The molecule has 0 aliphatic carbocycles. The molecule has 0 bridgehead atoms. The van der Waals surface area contributed by atoms with Crippen LogP contribution in [0.4, 0.5) is 5.69 Å². The van der Waals surface area contributed by atoms with Gasteiger partial charge in [0.15, 0.2) is 0 Å². The highest BCUT2D eigenvalue weighted by molar-refractivity contribution is 6.08. The van der Waals surface area contributed by atoms with Crippen molar-refractivity contribution < 1.29 is 19.4 Å². The van der Waals surface area contributed by atoms with Crippen molar-refractivity contribution in [1.29, 1.82) is 0 Å². The summed E-state index contributed by atoms with van der Waals surface area (Å²) in [6.45, 7) is 0. The van der Waals surface area contributed by atoms with Crippen molar-refractivity contribution in [2.45, 2.75) is 0 Å². The van der Waals surface area contributed by atoms with Crippen LogP contribution >= 0.6 is 0 Å². The minimum Gasteiger partial charge on any atom is -0.508 e. The molecule has 1 heterocycles. The Morgan fingerprint density at radius 2 is 1.71 bits per heavy atom. The van der Waals surface area contributed by atoms with Gasteiger partial charge in [-0.15, -0.1) is 0 Å². The standard InChI is InChI=1S/C24H21N3O4/c1-30-19-12-13-20(22(14-19)31-2)23-21(15-27(26-23)17-6-4-3-5-7-17)24(29)25-16-8-10-18(28)11-9-16/h3-15,28H,1-2H3,(H,25,29). The summed E-state index contributed by atoms with van der Waals surface area (Å²) in [5.41, 5.74) is 2.89. The number of anilines is 1. The number of hydrogen-bond acceptors (Lipinski definition) is 5. The molecule has 0 spiro atoms. The summed E-state index contributed by atoms with van der Waals surface area (Å²) in [6.07, 6.45) is 1.68. The van der Waals surface area contributed by atoms with Gasteiger partial charge in [0.25, 0.3) is 5.91 Å². The maximum absolute atomic E-state index is 13.2. The lowest BCUT2D eigenvalue weighted by Crippen LogP contribution is -2.12. The van der Waals surface area contributed by atoms with E-state index in [0.717, 1.165) is 5.69 Å². The first-order chi connectivity index (χ1) is 15.1. The van der Waals surface area contributed by atoms with E-state index in [4.69, 9.17) is 9.47 Å². The summed E-state index contributed by atoms with van der Waals surface area (Å²) in [5.74, 6) is 0.967. The van der Waals surface area contributed by atoms with Crippen LogP contribution in [0.25, 0.3) is 16.9 Å².